The second kappa shape index (κ2) is 6.36. The fourth-order valence-electron chi connectivity index (χ4n) is 2.27. The van der Waals surface area contributed by atoms with Crippen LogP contribution in [0.2, 0.25) is 0 Å². The standard InChI is InChI=1S/C16H20BrNO/c1-5-13(12(3)16(4,19)10-18)11(2)14-8-6-7-9-15(14)17/h6-9,12,19H,5H2,1-4H3/b13-11-. The molecular formula is C16H20BrNO. The molecule has 102 valence electrons. The van der Waals surface area contributed by atoms with Crippen molar-refractivity contribution in [3.05, 3.63) is 39.9 Å². The van der Waals surface area contributed by atoms with Crippen LogP contribution < -0.4 is 0 Å². The van der Waals surface area contributed by atoms with Gasteiger partial charge in [-0.15, -0.1) is 0 Å². The highest BCUT2D eigenvalue weighted by Crippen LogP contribution is 2.34. The predicted octanol–water partition coefficient (Wildman–Crippen LogP) is 4.54. The zero-order chi connectivity index (χ0) is 14.6. The van der Waals surface area contributed by atoms with Gasteiger partial charge in [-0.2, -0.15) is 5.26 Å². The van der Waals surface area contributed by atoms with E-state index in [0.717, 1.165) is 27.6 Å². The molecule has 2 atom stereocenters. The van der Waals surface area contributed by atoms with Gasteiger partial charge >= 0.3 is 0 Å². The summed E-state index contributed by atoms with van der Waals surface area (Å²) in [7, 11) is 0. The minimum Gasteiger partial charge on any atom is -0.375 e. The molecule has 1 N–H and O–H groups in total. The molecule has 0 heterocycles. The predicted molar refractivity (Wildman–Crippen MR) is 82.4 cm³/mol. The number of halogens is 1. The SMILES string of the molecule is CC/C(=C(\C)c1ccccc1Br)C(C)C(C)(O)C#N. The van der Waals surface area contributed by atoms with Gasteiger partial charge in [-0.1, -0.05) is 53.5 Å². The molecule has 0 aliphatic rings. The van der Waals surface area contributed by atoms with E-state index in [0.29, 0.717) is 0 Å². The van der Waals surface area contributed by atoms with Crippen LogP contribution in [-0.4, -0.2) is 10.7 Å². The number of allylic oxidation sites excluding steroid dienone is 1. The minimum atomic E-state index is -1.34. The highest BCUT2D eigenvalue weighted by molar-refractivity contribution is 9.10. The van der Waals surface area contributed by atoms with Gasteiger partial charge in [0.2, 0.25) is 0 Å². The van der Waals surface area contributed by atoms with E-state index in [9.17, 15) is 5.11 Å². The summed E-state index contributed by atoms with van der Waals surface area (Å²) in [6.07, 6.45) is 0.812. The minimum absolute atomic E-state index is 0.199. The molecule has 0 saturated carbocycles. The number of rotatable bonds is 4. The van der Waals surface area contributed by atoms with E-state index < -0.39 is 5.60 Å². The third-order valence-corrected chi connectivity index (χ3v) is 4.42. The topological polar surface area (TPSA) is 44.0 Å². The van der Waals surface area contributed by atoms with Gasteiger partial charge in [0.05, 0.1) is 6.07 Å². The second-order valence-corrected chi connectivity index (χ2v) is 5.82. The molecular weight excluding hydrogens is 302 g/mol. The third kappa shape index (κ3) is 3.46. The van der Waals surface area contributed by atoms with Crippen LogP contribution in [0.1, 0.15) is 39.7 Å². The molecule has 0 radical (unpaired) electrons. The maximum Gasteiger partial charge on any atom is 0.154 e. The van der Waals surface area contributed by atoms with E-state index in [1.165, 1.54) is 0 Å². The lowest BCUT2D eigenvalue weighted by atomic mass is 9.81. The highest BCUT2D eigenvalue weighted by Gasteiger charge is 2.31. The lowest BCUT2D eigenvalue weighted by Crippen LogP contribution is -2.32. The van der Waals surface area contributed by atoms with Crippen LogP contribution in [0.25, 0.3) is 5.57 Å². The summed E-state index contributed by atoms with van der Waals surface area (Å²) in [4.78, 5) is 0. The first-order valence-corrected chi connectivity index (χ1v) is 7.22. The summed E-state index contributed by atoms with van der Waals surface area (Å²) in [6, 6.07) is 9.99. The first-order chi connectivity index (χ1) is 8.85. The van der Waals surface area contributed by atoms with E-state index >= 15 is 0 Å². The van der Waals surface area contributed by atoms with Crippen molar-refractivity contribution in [3.8, 4) is 6.07 Å². The molecule has 3 heteroatoms. The molecule has 0 aromatic heterocycles. The van der Waals surface area contributed by atoms with Crippen molar-refractivity contribution in [2.75, 3.05) is 0 Å². The third-order valence-electron chi connectivity index (χ3n) is 3.73. The maximum atomic E-state index is 10.2. The Morgan fingerprint density at radius 2 is 2.05 bits per heavy atom. The molecule has 0 bridgehead atoms. The summed E-state index contributed by atoms with van der Waals surface area (Å²) in [5.74, 6) is -0.199. The second-order valence-electron chi connectivity index (χ2n) is 4.96. The van der Waals surface area contributed by atoms with E-state index in [1.807, 2.05) is 44.2 Å². The van der Waals surface area contributed by atoms with Crippen LogP contribution >= 0.6 is 15.9 Å². The van der Waals surface area contributed by atoms with Gasteiger partial charge < -0.3 is 5.11 Å². The molecule has 0 fully saturated rings. The number of nitriles is 1. The van der Waals surface area contributed by atoms with Crippen molar-refractivity contribution in [1.29, 1.82) is 5.26 Å². The summed E-state index contributed by atoms with van der Waals surface area (Å²) >= 11 is 3.55. The smallest absolute Gasteiger partial charge is 0.154 e. The highest BCUT2D eigenvalue weighted by atomic mass is 79.9. The summed E-state index contributed by atoms with van der Waals surface area (Å²) in [5.41, 5.74) is 2.00. The van der Waals surface area contributed by atoms with Gasteiger partial charge in [0.1, 0.15) is 0 Å². The Balaban J connectivity index is 3.33. The van der Waals surface area contributed by atoms with Crippen LogP contribution in [0.15, 0.2) is 34.3 Å². The lowest BCUT2D eigenvalue weighted by Gasteiger charge is -2.27. The Bertz CT molecular complexity index is 526. The van der Waals surface area contributed by atoms with Gasteiger partial charge in [-0.25, -0.2) is 0 Å². The van der Waals surface area contributed by atoms with Crippen molar-refractivity contribution in [3.63, 3.8) is 0 Å². The van der Waals surface area contributed by atoms with Crippen LogP contribution in [0.3, 0.4) is 0 Å². The largest absolute Gasteiger partial charge is 0.375 e. The van der Waals surface area contributed by atoms with Crippen molar-refractivity contribution >= 4 is 21.5 Å². The van der Waals surface area contributed by atoms with Gasteiger partial charge in [-0.05, 0) is 37.5 Å². The molecule has 0 saturated heterocycles. The molecule has 0 aliphatic carbocycles. The van der Waals surface area contributed by atoms with E-state index in [2.05, 4.69) is 22.9 Å². The van der Waals surface area contributed by atoms with Crippen molar-refractivity contribution in [2.24, 2.45) is 5.92 Å². The number of nitrogens with zero attached hydrogens (tertiary/aromatic N) is 1. The molecule has 2 unspecified atom stereocenters. The van der Waals surface area contributed by atoms with E-state index in [-0.39, 0.29) is 5.92 Å². The average molecular weight is 322 g/mol. The Morgan fingerprint density at radius 1 is 1.47 bits per heavy atom. The van der Waals surface area contributed by atoms with Crippen LogP contribution in [-0.2, 0) is 0 Å². The van der Waals surface area contributed by atoms with Crippen molar-refractivity contribution in [1.82, 2.24) is 0 Å². The molecule has 2 nitrogen and oxygen atoms in total. The number of aliphatic hydroxyl groups is 1. The fraction of sp³-hybridized carbons (Fsp3) is 0.438. The van der Waals surface area contributed by atoms with Gasteiger partial charge in [0.25, 0.3) is 0 Å². The Labute approximate surface area is 123 Å². The Hall–Kier alpha value is -1.11. The van der Waals surface area contributed by atoms with Gasteiger partial charge in [-0.3, -0.25) is 0 Å². The summed E-state index contributed by atoms with van der Waals surface area (Å²) in [5, 5.41) is 19.2. The number of benzene rings is 1. The molecule has 0 aliphatic heterocycles. The normalized spacial score (nSPS) is 17.1. The van der Waals surface area contributed by atoms with E-state index in [1.54, 1.807) is 6.92 Å². The van der Waals surface area contributed by atoms with Crippen molar-refractivity contribution in [2.45, 2.75) is 39.7 Å². The number of hydrogen-bond acceptors (Lipinski definition) is 2. The molecule has 0 spiro atoms. The molecule has 19 heavy (non-hydrogen) atoms. The maximum absolute atomic E-state index is 10.2. The summed E-state index contributed by atoms with van der Waals surface area (Å²) < 4.78 is 1.03. The molecule has 1 aromatic carbocycles. The van der Waals surface area contributed by atoms with Crippen LogP contribution in [0, 0.1) is 17.2 Å². The van der Waals surface area contributed by atoms with Gasteiger partial charge in [0.15, 0.2) is 5.60 Å². The fourth-order valence-corrected chi connectivity index (χ4v) is 2.85. The first-order valence-electron chi connectivity index (χ1n) is 6.43. The lowest BCUT2D eigenvalue weighted by molar-refractivity contribution is 0.0767. The Kier molecular flexibility index (Phi) is 5.34. The van der Waals surface area contributed by atoms with Crippen LogP contribution in [0.5, 0.6) is 0 Å². The summed E-state index contributed by atoms with van der Waals surface area (Å²) in [6.45, 7) is 7.57. The van der Waals surface area contributed by atoms with E-state index in [4.69, 9.17) is 5.26 Å². The Morgan fingerprint density at radius 3 is 2.53 bits per heavy atom. The quantitative estimate of drug-likeness (QED) is 0.827. The molecule has 0 amide bonds. The number of hydrogen-bond donors (Lipinski definition) is 1. The molecule has 1 aromatic rings. The van der Waals surface area contributed by atoms with Crippen molar-refractivity contribution < 1.29 is 5.11 Å². The monoisotopic (exact) mass is 321 g/mol. The molecule has 1 rings (SSSR count). The zero-order valence-corrected chi connectivity index (χ0v) is 13.5. The zero-order valence-electron chi connectivity index (χ0n) is 11.9. The average Bonchev–Trinajstić information content (AvgIpc) is 2.39. The van der Waals surface area contributed by atoms with Crippen LogP contribution in [0.4, 0.5) is 0 Å². The first kappa shape index (κ1) is 15.9. The van der Waals surface area contributed by atoms with Gasteiger partial charge in [0, 0.05) is 10.4 Å².